The van der Waals surface area contributed by atoms with Crippen molar-refractivity contribution in [2.45, 2.75) is 6.10 Å². The van der Waals surface area contributed by atoms with Gasteiger partial charge in [0.15, 0.2) is 11.5 Å². The van der Waals surface area contributed by atoms with Crippen molar-refractivity contribution < 1.29 is 14.3 Å². The second kappa shape index (κ2) is 3.59. The first-order chi connectivity index (χ1) is 6.77. The van der Waals surface area contributed by atoms with Gasteiger partial charge in [-0.05, 0) is 0 Å². The fraction of sp³-hybridized carbons (Fsp3) is 0.375. The van der Waals surface area contributed by atoms with Crippen molar-refractivity contribution in [3.63, 3.8) is 0 Å². The Morgan fingerprint density at radius 2 is 2.21 bits per heavy atom. The highest BCUT2D eigenvalue weighted by molar-refractivity contribution is 5.91. The molecule has 6 nitrogen and oxygen atoms in total. The average molecular weight is 195 g/mol. The van der Waals surface area contributed by atoms with Gasteiger partial charge in [0.2, 0.25) is 0 Å². The van der Waals surface area contributed by atoms with Crippen molar-refractivity contribution in [3.05, 3.63) is 18.1 Å². The molecule has 6 heteroatoms. The number of carbonyl (C=O) groups excluding carboxylic acids is 1. The number of hydrogen-bond acceptors (Lipinski definition) is 6. The van der Waals surface area contributed by atoms with E-state index in [1.807, 2.05) is 0 Å². The molecular weight excluding hydrogens is 186 g/mol. The normalized spacial score (nSPS) is 16.0. The number of anilines is 1. The lowest BCUT2D eigenvalue weighted by Crippen LogP contribution is -2.38. The Labute approximate surface area is 80.1 Å². The highest BCUT2D eigenvalue weighted by Gasteiger charge is 2.25. The quantitative estimate of drug-likeness (QED) is 0.647. The highest BCUT2D eigenvalue weighted by atomic mass is 16.6. The van der Waals surface area contributed by atoms with Gasteiger partial charge in [0, 0.05) is 12.4 Å². The van der Waals surface area contributed by atoms with Crippen LogP contribution in [0.3, 0.4) is 0 Å². The van der Waals surface area contributed by atoms with E-state index in [0.717, 1.165) is 0 Å². The SMILES string of the molecule is Nc1nccnc1C(=O)OC1COC1. The third kappa shape index (κ3) is 1.64. The van der Waals surface area contributed by atoms with Gasteiger partial charge in [-0.3, -0.25) is 0 Å². The van der Waals surface area contributed by atoms with Crippen molar-refractivity contribution in [3.8, 4) is 0 Å². The van der Waals surface area contributed by atoms with Crippen molar-refractivity contribution in [1.29, 1.82) is 0 Å². The van der Waals surface area contributed by atoms with E-state index in [2.05, 4.69) is 9.97 Å². The minimum atomic E-state index is -0.552. The van der Waals surface area contributed by atoms with Gasteiger partial charge in [-0.2, -0.15) is 0 Å². The fourth-order valence-corrected chi connectivity index (χ4v) is 0.995. The number of carbonyl (C=O) groups is 1. The van der Waals surface area contributed by atoms with Crippen LogP contribution in [0.4, 0.5) is 5.82 Å². The second-order valence-electron chi connectivity index (χ2n) is 2.85. The molecule has 0 aromatic carbocycles. The predicted octanol–water partition coefficient (Wildman–Crippen LogP) is -0.386. The molecule has 2 heterocycles. The van der Waals surface area contributed by atoms with E-state index in [0.29, 0.717) is 13.2 Å². The molecule has 0 aliphatic carbocycles. The monoisotopic (exact) mass is 195 g/mol. The third-order valence-electron chi connectivity index (χ3n) is 1.80. The summed E-state index contributed by atoms with van der Waals surface area (Å²) in [5, 5.41) is 0. The van der Waals surface area contributed by atoms with Gasteiger partial charge in [0.05, 0.1) is 13.2 Å². The summed E-state index contributed by atoms with van der Waals surface area (Å²) >= 11 is 0. The van der Waals surface area contributed by atoms with E-state index < -0.39 is 5.97 Å². The summed E-state index contributed by atoms with van der Waals surface area (Å²) in [6, 6.07) is 0. The molecule has 0 radical (unpaired) electrons. The standard InChI is InChI=1S/C8H9N3O3/c9-7-6(10-1-2-11-7)8(12)14-5-3-13-4-5/h1-2,5H,3-4H2,(H2,9,11). The first-order valence-corrected chi connectivity index (χ1v) is 4.12. The van der Waals surface area contributed by atoms with Gasteiger partial charge < -0.3 is 15.2 Å². The van der Waals surface area contributed by atoms with Crippen LogP contribution in [0, 0.1) is 0 Å². The third-order valence-corrected chi connectivity index (χ3v) is 1.80. The summed E-state index contributed by atoms with van der Waals surface area (Å²) in [7, 11) is 0. The summed E-state index contributed by atoms with van der Waals surface area (Å²) < 4.78 is 9.86. The lowest BCUT2D eigenvalue weighted by atomic mass is 10.3. The molecule has 0 atom stereocenters. The van der Waals surface area contributed by atoms with Crippen LogP contribution in [0.25, 0.3) is 0 Å². The van der Waals surface area contributed by atoms with Crippen LogP contribution in [0.15, 0.2) is 12.4 Å². The van der Waals surface area contributed by atoms with Gasteiger partial charge in [0.1, 0.15) is 6.10 Å². The van der Waals surface area contributed by atoms with Crippen molar-refractivity contribution in [2.75, 3.05) is 18.9 Å². The summed E-state index contributed by atoms with van der Waals surface area (Å²) in [6.45, 7) is 0.873. The molecule has 0 saturated carbocycles. The first kappa shape index (κ1) is 8.89. The summed E-state index contributed by atoms with van der Waals surface area (Å²) in [6.07, 6.45) is 2.63. The zero-order valence-corrected chi connectivity index (χ0v) is 7.34. The number of ether oxygens (including phenoxy) is 2. The minimum absolute atomic E-state index is 0.0550. The van der Waals surface area contributed by atoms with Crippen LogP contribution < -0.4 is 5.73 Å². The molecule has 0 bridgehead atoms. The van der Waals surface area contributed by atoms with Crippen LogP contribution in [-0.4, -0.2) is 35.3 Å². The van der Waals surface area contributed by atoms with Crippen LogP contribution in [0.1, 0.15) is 10.5 Å². The number of rotatable bonds is 2. The maximum Gasteiger partial charge on any atom is 0.361 e. The van der Waals surface area contributed by atoms with Crippen LogP contribution in [0.2, 0.25) is 0 Å². The Hall–Kier alpha value is -1.69. The van der Waals surface area contributed by atoms with Gasteiger partial charge in [-0.1, -0.05) is 0 Å². The number of nitrogens with zero attached hydrogens (tertiary/aromatic N) is 2. The Balaban J connectivity index is 2.06. The van der Waals surface area contributed by atoms with Crippen molar-refractivity contribution in [1.82, 2.24) is 9.97 Å². The molecule has 0 amide bonds. The van der Waals surface area contributed by atoms with E-state index >= 15 is 0 Å². The second-order valence-corrected chi connectivity index (χ2v) is 2.85. The maximum atomic E-state index is 11.4. The lowest BCUT2D eigenvalue weighted by molar-refractivity contribution is -0.103. The van der Waals surface area contributed by atoms with Gasteiger partial charge >= 0.3 is 5.97 Å². The number of nitrogen functional groups attached to an aromatic ring is 1. The molecule has 0 unspecified atom stereocenters. The highest BCUT2D eigenvalue weighted by Crippen LogP contribution is 2.11. The molecule has 1 aromatic rings. The molecule has 1 aliphatic rings. The Morgan fingerprint density at radius 1 is 1.50 bits per heavy atom. The molecule has 2 N–H and O–H groups in total. The topological polar surface area (TPSA) is 87.3 Å². The predicted molar refractivity (Wildman–Crippen MR) is 46.5 cm³/mol. The van der Waals surface area contributed by atoms with Crippen LogP contribution in [-0.2, 0) is 9.47 Å². The molecule has 1 fully saturated rings. The van der Waals surface area contributed by atoms with Crippen molar-refractivity contribution >= 4 is 11.8 Å². The molecule has 1 aliphatic heterocycles. The fourth-order valence-electron chi connectivity index (χ4n) is 0.995. The van der Waals surface area contributed by atoms with Crippen LogP contribution in [0.5, 0.6) is 0 Å². The first-order valence-electron chi connectivity index (χ1n) is 4.12. The largest absolute Gasteiger partial charge is 0.453 e. The Morgan fingerprint density at radius 3 is 2.79 bits per heavy atom. The van der Waals surface area contributed by atoms with Gasteiger partial charge in [-0.25, -0.2) is 14.8 Å². The number of aromatic nitrogens is 2. The van der Waals surface area contributed by atoms with Gasteiger partial charge in [-0.15, -0.1) is 0 Å². The molecule has 2 rings (SSSR count). The molecule has 14 heavy (non-hydrogen) atoms. The van der Waals surface area contributed by atoms with E-state index in [9.17, 15) is 4.79 Å². The van der Waals surface area contributed by atoms with E-state index in [4.69, 9.17) is 15.2 Å². The average Bonchev–Trinajstić information content (AvgIpc) is 2.12. The molecule has 1 saturated heterocycles. The Bertz CT molecular complexity index is 351. The van der Waals surface area contributed by atoms with Gasteiger partial charge in [0.25, 0.3) is 0 Å². The molecule has 0 spiro atoms. The molecule has 1 aromatic heterocycles. The summed E-state index contributed by atoms with van der Waals surface area (Å²) in [4.78, 5) is 18.9. The molecule has 74 valence electrons. The maximum absolute atomic E-state index is 11.4. The number of esters is 1. The smallest absolute Gasteiger partial charge is 0.361 e. The summed E-state index contributed by atoms with van der Waals surface area (Å²) in [5.74, 6) is -0.471. The van der Waals surface area contributed by atoms with E-state index in [-0.39, 0.29) is 17.6 Å². The zero-order valence-electron chi connectivity index (χ0n) is 7.34. The number of hydrogen-bond donors (Lipinski definition) is 1. The van der Waals surface area contributed by atoms with E-state index in [1.54, 1.807) is 0 Å². The Kier molecular flexibility index (Phi) is 2.28. The van der Waals surface area contributed by atoms with E-state index in [1.165, 1.54) is 12.4 Å². The van der Waals surface area contributed by atoms with Crippen molar-refractivity contribution in [2.24, 2.45) is 0 Å². The summed E-state index contributed by atoms with van der Waals surface area (Å²) in [5.41, 5.74) is 5.51. The molecular formula is C8H9N3O3. The minimum Gasteiger partial charge on any atom is -0.453 e. The zero-order chi connectivity index (χ0) is 9.97. The number of nitrogens with two attached hydrogens (primary N) is 1. The lowest BCUT2D eigenvalue weighted by Gasteiger charge is -2.25. The van der Waals surface area contributed by atoms with Crippen LogP contribution >= 0.6 is 0 Å².